The maximum absolute atomic E-state index is 12.4. The maximum Gasteiger partial charge on any atom is 0.263 e. The highest BCUT2D eigenvalue weighted by molar-refractivity contribution is 7.17. The summed E-state index contributed by atoms with van der Waals surface area (Å²) in [6.45, 7) is 2.17. The van der Waals surface area contributed by atoms with Crippen molar-refractivity contribution in [2.75, 3.05) is 5.32 Å². The summed E-state index contributed by atoms with van der Waals surface area (Å²) < 4.78 is 0. The highest BCUT2D eigenvalue weighted by atomic mass is 35.5. The van der Waals surface area contributed by atoms with Crippen LogP contribution >= 0.6 is 22.9 Å². The second kappa shape index (κ2) is 8.12. The van der Waals surface area contributed by atoms with Crippen molar-refractivity contribution in [3.8, 4) is 0 Å². The van der Waals surface area contributed by atoms with Crippen LogP contribution in [0.3, 0.4) is 0 Å². The number of benzene rings is 2. The smallest absolute Gasteiger partial charge is 0.263 e. The SMILES string of the molecule is Cc1nc(NC(=O)c2cccc(Cl)c2)sc1C(=O)NCc1ccccc1. The minimum Gasteiger partial charge on any atom is -0.347 e. The van der Waals surface area contributed by atoms with E-state index in [4.69, 9.17) is 11.6 Å². The van der Waals surface area contributed by atoms with E-state index >= 15 is 0 Å². The first-order valence-corrected chi connectivity index (χ1v) is 9.09. The number of amides is 2. The lowest BCUT2D eigenvalue weighted by molar-refractivity contribution is 0.0953. The summed E-state index contributed by atoms with van der Waals surface area (Å²) in [7, 11) is 0. The topological polar surface area (TPSA) is 71.1 Å². The van der Waals surface area contributed by atoms with Gasteiger partial charge in [-0.15, -0.1) is 0 Å². The molecule has 3 rings (SSSR count). The lowest BCUT2D eigenvalue weighted by Crippen LogP contribution is -2.22. The third kappa shape index (κ3) is 4.47. The number of hydrogen-bond donors (Lipinski definition) is 2. The van der Waals surface area contributed by atoms with E-state index in [-0.39, 0.29) is 11.8 Å². The van der Waals surface area contributed by atoms with E-state index in [9.17, 15) is 9.59 Å². The molecule has 0 aliphatic rings. The third-order valence-electron chi connectivity index (χ3n) is 3.61. The zero-order valence-electron chi connectivity index (χ0n) is 14.0. The Kier molecular flexibility index (Phi) is 5.65. The number of rotatable bonds is 5. The Morgan fingerprint density at radius 3 is 2.58 bits per heavy atom. The highest BCUT2D eigenvalue weighted by Crippen LogP contribution is 2.23. The van der Waals surface area contributed by atoms with Crippen molar-refractivity contribution in [3.63, 3.8) is 0 Å². The van der Waals surface area contributed by atoms with Gasteiger partial charge in [0.25, 0.3) is 11.8 Å². The predicted molar refractivity (Wildman–Crippen MR) is 104 cm³/mol. The first-order valence-electron chi connectivity index (χ1n) is 7.89. The van der Waals surface area contributed by atoms with E-state index < -0.39 is 0 Å². The second-order valence-corrected chi connectivity index (χ2v) is 7.00. The average Bonchev–Trinajstić information content (AvgIpc) is 3.01. The number of nitrogens with one attached hydrogen (secondary N) is 2. The molecule has 0 bridgehead atoms. The normalized spacial score (nSPS) is 10.4. The van der Waals surface area contributed by atoms with Gasteiger partial charge in [0.1, 0.15) is 4.88 Å². The van der Waals surface area contributed by atoms with Crippen molar-refractivity contribution in [2.45, 2.75) is 13.5 Å². The summed E-state index contributed by atoms with van der Waals surface area (Å²) in [5.41, 5.74) is 2.01. The number of anilines is 1. The summed E-state index contributed by atoms with van der Waals surface area (Å²) >= 11 is 7.04. The Bertz CT molecular complexity index is 941. The summed E-state index contributed by atoms with van der Waals surface area (Å²) in [6.07, 6.45) is 0. The van der Waals surface area contributed by atoms with Crippen molar-refractivity contribution < 1.29 is 9.59 Å². The third-order valence-corrected chi connectivity index (χ3v) is 4.91. The number of hydrogen-bond acceptors (Lipinski definition) is 4. The molecule has 1 heterocycles. The van der Waals surface area contributed by atoms with E-state index in [1.165, 1.54) is 0 Å². The monoisotopic (exact) mass is 385 g/mol. The van der Waals surface area contributed by atoms with Crippen LogP contribution in [-0.2, 0) is 6.54 Å². The van der Waals surface area contributed by atoms with Crippen LogP contribution in [0.15, 0.2) is 54.6 Å². The summed E-state index contributed by atoms with van der Waals surface area (Å²) in [4.78, 5) is 29.4. The summed E-state index contributed by atoms with van der Waals surface area (Å²) in [5, 5.41) is 6.42. The lowest BCUT2D eigenvalue weighted by atomic mass is 10.2. The first kappa shape index (κ1) is 18.1. The molecule has 0 radical (unpaired) electrons. The minimum atomic E-state index is -0.322. The molecule has 0 saturated carbocycles. The van der Waals surface area contributed by atoms with E-state index in [1.54, 1.807) is 31.2 Å². The number of carbonyl (C=O) groups excluding carboxylic acids is 2. The molecule has 0 aliphatic heterocycles. The average molecular weight is 386 g/mol. The molecule has 5 nitrogen and oxygen atoms in total. The molecular weight excluding hydrogens is 370 g/mol. The summed E-state index contributed by atoms with van der Waals surface area (Å²) in [6, 6.07) is 16.3. The Morgan fingerprint density at radius 1 is 1.08 bits per heavy atom. The zero-order valence-corrected chi connectivity index (χ0v) is 15.5. The van der Waals surface area contributed by atoms with Gasteiger partial charge in [-0.1, -0.05) is 59.3 Å². The molecule has 0 atom stereocenters. The molecule has 0 saturated heterocycles. The van der Waals surface area contributed by atoms with Gasteiger partial charge in [-0.25, -0.2) is 4.98 Å². The molecule has 0 unspecified atom stereocenters. The number of carbonyl (C=O) groups is 2. The van der Waals surface area contributed by atoms with Gasteiger partial charge in [-0.2, -0.15) is 0 Å². The number of halogens is 1. The molecule has 1 aromatic heterocycles. The molecule has 3 aromatic rings. The van der Waals surface area contributed by atoms with Crippen LogP contribution in [0.25, 0.3) is 0 Å². The van der Waals surface area contributed by atoms with Crippen LogP contribution in [0.2, 0.25) is 5.02 Å². The van der Waals surface area contributed by atoms with E-state index in [2.05, 4.69) is 15.6 Å². The first-order chi connectivity index (χ1) is 12.5. The highest BCUT2D eigenvalue weighted by Gasteiger charge is 2.17. The Balaban J connectivity index is 1.66. The Hall–Kier alpha value is -2.70. The van der Waals surface area contributed by atoms with Gasteiger partial charge in [0.05, 0.1) is 5.69 Å². The van der Waals surface area contributed by atoms with Crippen molar-refractivity contribution >= 4 is 39.9 Å². The van der Waals surface area contributed by atoms with E-state index in [0.29, 0.717) is 32.8 Å². The predicted octanol–water partition coefficient (Wildman–Crippen LogP) is 4.29. The van der Waals surface area contributed by atoms with E-state index in [1.807, 2.05) is 30.3 Å². The van der Waals surface area contributed by atoms with Crippen LogP contribution in [0.5, 0.6) is 0 Å². The number of nitrogens with zero attached hydrogens (tertiary/aromatic N) is 1. The van der Waals surface area contributed by atoms with Crippen molar-refractivity contribution in [1.82, 2.24) is 10.3 Å². The maximum atomic E-state index is 12.4. The van der Waals surface area contributed by atoms with Gasteiger partial charge < -0.3 is 5.32 Å². The number of aromatic nitrogens is 1. The Labute approximate surface area is 160 Å². The number of thiazole rings is 1. The zero-order chi connectivity index (χ0) is 18.5. The van der Waals surface area contributed by atoms with E-state index in [0.717, 1.165) is 16.9 Å². The van der Waals surface area contributed by atoms with Gasteiger partial charge in [0, 0.05) is 17.1 Å². The largest absolute Gasteiger partial charge is 0.347 e. The quantitative estimate of drug-likeness (QED) is 0.688. The summed E-state index contributed by atoms with van der Waals surface area (Å²) in [5.74, 6) is -0.537. The molecule has 7 heteroatoms. The van der Waals surface area contributed by atoms with Gasteiger partial charge in [-0.3, -0.25) is 14.9 Å². The van der Waals surface area contributed by atoms with Gasteiger partial charge >= 0.3 is 0 Å². The fourth-order valence-corrected chi connectivity index (χ4v) is 3.39. The lowest BCUT2D eigenvalue weighted by Gasteiger charge is -2.04. The molecule has 2 amide bonds. The molecule has 2 aromatic carbocycles. The van der Waals surface area contributed by atoms with Crippen LogP contribution in [0, 0.1) is 6.92 Å². The standard InChI is InChI=1S/C19H16ClN3O2S/c1-12-16(18(25)21-11-13-6-3-2-4-7-13)26-19(22-12)23-17(24)14-8-5-9-15(20)10-14/h2-10H,11H2,1H3,(H,21,25)(H,22,23,24). The van der Waals surface area contributed by atoms with Crippen molar-refractivity contribution in [2.24, 2.45) is 0 Å². The van der Waals surface area contributed by atoms with Crippen molar-refractivity contribution in [1.29, 1.82) is 0 Å². The van der Waals surface area contributed by atoms with Crippen LogP contribution in [-0.4, -0.2) is 16.8 Å². The molecule has 2 N–H and O–H groups in total. The fourth-order valence-electron chi connectivity index (χ4n) is 2.32. The molecule has 0 fully saturated rings. The fraction of sp³-hybridized carbons (Fsp3) is 0.105. The number of aryl methyl sites for hydroxylation is 1. The molecular formula is C19H16ClN3O2S. The molecule has 0 spiro atoms. The molecule has 26 heavy (non-hydrogen) atoms. The molecule has 132 valence electrons. The Morgan fingerprint density at radius 2 is 1.85 bits per heavy atom. The van der Waals surface area contributed by atoms with Gasteiger partial charge in [0.2, 0.25) is 0 Å². The van der Waals surface area contributed by atoms with Crippen LogP contribution < -0.4 is 10.6 Å². The van der Waals surface area contributed by atoms with Crippen LogP contribution in [0.4, 0.5) is 5.13 Å². The van der Waals surface area contributed by atoms with Gasteiger partial charge in [0.15, 0.2) is 5.13 Å². The second-order valence-electron chi connectivity index (χ2n) is 5.57. The molecule has 0 aliphatic carbocycles. The van der Waals surface area contributed by atoms with Gasteiger partial charge in [-0.05, 0) is 30.7 Å². The van der Waals surface area contributed by atoms with Crippen LogP contribution in [0.1, 0.15) is 31.3 Å². The van der Waals surface area contributed by atoms with Crippen molar-refractivity contribution in [3.05, 3.63) is 81.3 Å². The minimum absolute atomic E-state index is 0.216.